The lowest BCUT2D eigenvalue weighted by atomic mass is 9.84. The van der Waals surface area contributed by atoms with Crippen molar-refractivity contribution in [2.24, 2.45) is 5.92 Å². The summed E-state index contributed by atoms with van der Waals surface area (Å²) in [5, 5.41) is 21.0. The van der Waals surface area contributed by atoms with Crippen LogP contribution in [0.5, 0.6) is 0 Å². The first kappa shape index (κ1) is 9.30. The summed E-state index contributed by atoms with van der Waals surface area (Å²) in [6, 6.07) is 0. The first-order valence-corrected chi connectivity index (χ1v) is 4.44. The molecule has 0 amide bonds. The van der Waals surface area contributed by atoms with E-state index in [-0.39, 0.29) is 6.61 Å². The van der Waals surface area contributed by atoms with E-state index in [1.54, 1.807) is 0 Å². The molecule has 1 heterocycles. The zero-order valence-corrected chi connectivity index (χ0v) is 7.13. The fourth-order valence-corrected chi connectivity index (χ4v) is 2.08. The Morgan fingerprint density at radius 1 is 1.38 bits per heavy atom. The molecule has 1 saturated heterocycles. The van der Waals surface area contributed by atoms with E-state index in [2.05, 4.69) is 5.32 Å². The summed E-state index contributed by atoms with van der Waals surface area (Å²) in [5.74, 6) is -3.84. The third-order valence-corrected chi connectivity index (χ3v) is 3.19. The molecule has 1 spiro atoms. The second kappa shape index (κ2) is 2.62. The van der Waals surface area contributed by atoms with Crippen LogP contribution < -0.4 is 5.32 Å². The average Bonchev–Trinajstić information content (AvgIpc) is 2.82. The standard InChI is InChI=1S/C8H13F2NO2/c9-8(10)4-11-7(1-2-7)5(3-12)6(8)13/h5-6,11-13H,1-4H2. The van der Waals surface area contributed by atoms with E-state index in [1.807, 2.05) is 0 Å². The summed E-state index contributed by atoms with van der Waals surface area (Å²) < 4.78 is 26.0. The zero-order valence-electron chi connectivity index (χ0n) is 7.13. The molecule has 0 radical (unpaired) electrons. The van der Waals surface area contributed by atoms with Gasteiger partial charge in [-0.2, -0.15) is 0 Å². The van der Waals surface area contributed by atoms with Crippen molar-refractivity contribution in [2.45, 2.75) is 30.4 Å². The van der Waals surface area contributed by atoms with E-state index in [0.29, 0.717) is 0 Å². The van der Waals surface area contributed by atoms with Crippen molar-refractivity contribution in [2.75, 3.05) is 13.2 Å². The van der Waals surface area contributed by atoms with E-state index in [4.69, 9.17) is 5.11 Å². The maximum Gasteiger partial charge on any atom is 0.286 e. The highest BCUT2D eigenvalue weighted by Crippen LogP contribution is 2.49. The summed E-state index contributed by atoms with van der Waals surface area (Å²) >= 11 is 0. The van der Waals surface area contributed by atoms with Crippen molar-refractivity contribution in [3.8, 4) is 0 Å². The first-order chi connectivity index (χ1) is 6.02. The number of alkyl halides is 2. The summed E-state index contributed by atoms with van der Waals surface area (Å²) in [5.41, 5.74) is -0.407. The van der Waals surface area contributed by atoms with Crippen LogP contribution in [0.2, 0.25) is 0 Å². The Balaban J connectivity index is 2.17. The molecule has 0 aromatic rings. The van der Waals surface area contributed by atoms with Crippen LogP contribution in [0.15, 0.2) is 0 Å². The van der Waals surface area contributed by atoms with Crippen molar-refractivity contribution in [3.63, 3.8) is 0 Å². The van der Waals surface area contributed by atoms with Crippen LogP contribution in [0, 0.1) is 5.92 Å². The van der Waals surface area contributed by atoms with Gasteiger partial charge in [0.1, 0.15) is 6.10 Å². The molecular formula is C8H13F2NO2. The summed E-state index contributed by atoms with van der Waals surface area (Å²) in [7, 11) is 0. The van der Waals surface area contributed by atoms with Gasteiger partial charge in [-0.3, -0.25) is 0 Å². The zero-order chi connectivity index (χ0) is 9.69. The lowest BCUT2D eigenvalue weighted by molar-refractivity contribution is -0.166. The Morgan fingerprint density at radius 2 is 2.00 bits per heavy atom. The van der Waals surface area contributed by atoms with E-state index in [0.717, 1.165) is 12.8 Å². The highest BCUT2D eigenvalue weighted by molar-refractivity contribution is 5.14. The van der Waals surface area contributed by atoms with Crippen LogP contribution >= 0.6 is 0 Å². The summed E-state index contributed by atoms with van der Waals surface area (Å²) in [6.07, 6.45) is -0.169. The van der Waals surface area contributed by atoms with Gasteiger partial charge < -0.3 is 15.5 Å². The molecule has 2 rings (SSSR count). The Morgan fingerprint density at radius 3 is 2.46 bits per heavy atom. The highest BCUT2D eigenvalue weighted by Gasteiger charge is 2.61. The van der Waals surface area contributed by atoms with Crippen molar-refractivity contribution < 1.29 is 19.0 Å². The van der Waals surface area contributed by atoms with Crippen LogP contribution in [0.3, 0.4) is 0 Å². The largest absolute Gasteiger partial charge is 0.396 e. The number of halogens is 2. The topological polar surface area (TPSA) is 52.5 Å². The van der Waals surface area contributed by atoms with Gasteiger partial charge >= 0.3 is 0 Å². The van der Waals surface area contributed by atoms with Gasteiger partial charge in [-0.15, -0.1) is 0 Å². The highest BCUT2D eigenvalue weighted by atomic mass is 19.3. The third kappa shape index (κ3) is 1.26. The number of hydrogen-bond donors (Lipinski definition) is 3. The minimum Gasteiger partial charge on any atom is -0.396 e. The summed E-state index contributed by atoms with van der Waals surface area (Å²) in [4.78, 5) is 0. The summed E-state index contributed by atoms with van der Waals surface area (Å²) in [6.45, 7) is -0.867. The van der Waals surface area contributed by atoms with Gasteiger partial charge in [-0.05, 0) is 12.8 Å². The van der Waals surface area contributed by atoms with Crippen molar-refractivity contribution in [1.82, 2.24) is 5.32 Å². The Kier molecular flexibility index (Phi) is 1.87. The number of aliphatic hydroxyl groups excluding tert-OH is 2. The van der Waals surface area contributed by atoms with Crippen molar-refractivity contribution in [1.29, 1.82) is 0 Å². The smallest absolute Gasteiger partial charge is 0.286 e. The fourth-order valence-electron chi connectivity index (χ4n) is 2.08. The maximum absolute atomic E-state index is 13.0. The van der Waals surface area contributed by atoms with Crippen molar-refractivity contribution >= 4 is 0 Å². The van der Waals surface area contributed by atoms with Crippen molar-refractivity contribution in [3.05, 3.63) is 0 Å². The van der Waals surface area contributed by atoms with Gasteiger partial charge in [0, 0.05) is 11.5 Å². The predicted octanol–water partition coefficient (Wildman–Crippen LogP) is -0.273. The molecule has 1 aliphatic carbocycles. The maximum atomic E-state index is 13.0. The number of aliphatic hydroxyl groups is 2. The first-order valence-electron chi connectivity index (χ1n) is 4.44. The molecule has 3 nitrogen and oxygen atoms in total. The Hall–Kier alpha value is -0.260. The van der Waals surface area contributed by atoms with E-state index in [1.165, 1.54) is 0 Å². The molecule has 76 valence electrons. The van der Waals surface area contributed by atoms with E-state index >= 15 is 0 Å². The minimum atomic E-state index is -3.11. The van der Waals surface area contributed by atoms with Gasteiger partial charge in [-0.1, -0.05) is 0 Å². The number of nitrogens with one attached hydrogen (secondary N) is 1. The van der Waals surface area contributed by atoms with Gasteiger partial charge in [-0.25, -0.2) is 8.78 Å². The minimum absolute atomic E-state index is 0.385. The molecule has 0 bridgehead atoms. The molecule has 1 saturated carbocycles. The lowest BCUT2D eigenvalue weighted by Gasteiger charge is -2.40. The normalized spacial score (nSPS) is 40.6. The van der Waals surface area contributed by atoms with Gasteiger partial charge in [0.2, 0.25) is 0 Å². The molecule has 3 N–H and O–H groups in total. The molecule has 5 heteroatoms. The number of rotatable bonds is 1. The molecule has 2 aliphatic rings. The molecule has 2 unspecified atom stereocenters. The monoisotopic (exact) mass is 193 g/mol. The number of hydrogen-bond acceptors (Lipinski definition) is 3. The Bertz CT molecular complexity index is 218. The third-order valence-electron chi connectivity index (χ3n) is 3.19. The number of piperidine rings is 1. The molecule has 0 aromatic heterocycles. The average molecular weight is 193 g/mol. The molecule has 1 aliphatic heterocycles. The van der Waals surface area contributed by atoms with Crippen LogP contribution in [0.25, 0.3) is 0 Å². The Labute approximate surface area is 74.8 Å². The molecule has 13 heavy (non-hydrogen) atoms. The van der Waals surface area contributed by atoms with Gasteiger partial charge in [0.25, 0.3) is 5.92 Å². The molecule has 0 aromatic carbocycles. The molecule has 2 fully saturated rings. The van der Waals surface area contributed by atoms with Crippen LogP contribution in [0.1, 0.15) is 12.8 Å². The lowest BCUT2D eigenvalue weighted by Crippen LogP contribution is -2.62. The second-order valence-corrected chi connectivity index (χ2v) is 4.00. The quantitative estimate of drug-likeness (QED) is 0.537. The van der Waals surface area contributed by atoms with Gasteiger partial charge in [0.15, 0.2) is 0 Å². The molecule has 2 atom stereocenters. The van der Waals surface area contributed by atoms with E-state index in [9.17, 15) is 13.9 Å². The van der Waals surface area contributed by atoms with Gasteiger partial charge in [0.05, 0.1) is 13.2 Å². The van der Waals surface area contributed by atoms with Crippen LogP contribution in [-0.2, 0) is 0 Å². The second-order valence-electron chi connectivity index (χ2n) is 4.00. The fraction of sp³-hybridized carbons (Fsp3) is 1.00. The SMILES string of the molecule is OCC1C(O)C(F)(F)CNC12CC2. The predicted molar refractivity (Wildman–Crippen MR) is 41.5 cm³/mol. The van der Waals surface area contributed by atoms with Crippen LogP contribution in [0.4, 0.5) is 8.78 Å². The molecular weight excluding hydrogens is 180 g/mol. The van der Waals surface area contributed by atoms with E-state index < -0.39 is 30.0 Å². The van der Waals surface area contributed by atoms with Crippen LogP contribution in [-0.4, -0.2) is 40.9 Å².